The highest BCUT2D eigenvalue weighted by Crippen LogP contribution is 2.35. The van der Waals surface area contributed by atoms with Crippen LogP contribution in [0.25, 0.3) is 0 Å². The number of methoxy groups -OCH3 is 3. The Morgan fingerprint density at radius 2 is 1.67 bits per heavy atom. The zero-order valence-corrected chi connectivity index (χ0v) is 17.1. The fourth-order valence-electron chi connectivity index (χ4n) is 3.33. The lowest BCUT2D eigenvalue weighted by Gasteiger charge is -2.29. The lowest BCUT2D eigenvalue weighted by atomic mass is 9.95. The highest BCUT2D eigenvalue weighted by Gasteiger charge is 2.24. The number of hydrogen-bond acceptors (Lipinski definition) is 6. The van der Waals surface area contributed by atoms with Crippen LogP contribution in [0.3, 0.4) is 0 Å². The SMILES string of the molecule is COc1cc(OC)c(OC)cc1CN1CCc2nc(C(C)(C)C)ncc2C1. The highest BCUT2D eigenvalue weighted by atomic mass is 16.5. The number of hydrogen-bond donors (Lipinski definition) is 0. The van der Waals surface area contributed by atoms with Crippen LogP contribution in [0.5, 0.6) is 17.2 Å². The van der Waals surface area contributed by atoms with Gasteiger partial charge in [0.25, 0.3) is 0 Å². The Labute approximate surface area is 161 Å². The Kier molecular flexibility index (Phi) is 5.56. The summed E-state index contributed by atoms with van der Waals surface area (Å²) >= 11 is 0. The molecule has 0 bridgehead atoms. The molecule has 0 fully saturated rings. The molecule has 2 heterocycles. The number of rotatable bonds is 5. The van der Waals surface area contributed by atoms with Crippen LogP contribution in [0.1, 0.15) is 43.4 Å². The second kappa shape index (κ2) is 7.72. The van der Waals surface area contributed by atoms with Crippen LogP contribution in [-0.2, 0) is 24.9 Å². The molecule has 1 aliphatic rings. The summed E-state index contributed by atoms with van der Waals surface area (Å²) in [7, 11) is 4.96. The van der Waals surface area contributed by atoms with Gasteiger partial charge in [0.15, 0.2) is 11.5 Å². The number of aromatic nitrogens is 2. The molecular weight excluding hydrogens is 342 g/mol. The standard InChI is InChI=1S/C21H29N3O3/c1-21(2,3)20-22-11-15-13-24(8-7-16(15)23-20)12-14-9-18(26-5)19(27-6)10-17(14)25-4/h9-11H,7-8,12-13H2,1-6H3. The summed E-state index contributed by atoms with van der Waals surface area (Å²) in [5.41, 5.74) is 3.42. The molecular formula is C21H29N3O3. The molecule has 0 N–H and O–H groups in total. The van der Waals surface area contributed by atoms with Crippen molar-refractivity contribution in [2.24, 2.45) is 0 Å². The van der Waals surface area contributed by atoms with E-state index in [4.69, 9.17) is 19.2 Å². The molecule has 0 aliphatic carbocycles. The third kappa shape index (κ3) is 4.16. The summed E-state index contributed by atoms with van der Waals surface area (Å²) in [6.07, 6.45) is 2.91. The van der Waals surface area contributed by atoms with Crippen molar-refractivity contribution in [1.29, 1.82) is 0 Å². The topological polar surface area (TPSA) is 56.7 Å². The molecule has 146 valence electrons. The zero-order chi connectivity index (χ0) is 19.6. The first-order valence-corrected chi connectivity index (χ1v) is 9.22. The molecule has 27 heavy (non-hydrogen) atoms. The zero-order valence-electron chi connectivity index (χ0n) is 17.1. The fraction of sp³-hybridized carbons (Fsp3) is 0.524. The molecule has 0 saturated carbocycles. The molecule has 0 atom stereocenters. The molecule has 0 amide bonds. The van der Waals surface area contributed by atoms with Crippen LogP contribution in [-0.4, -0.2) is 42.7 Å². The van der Waals surface area contributed by atoms with Crippen LogP contribution in [0, 0.1) is 0 Å². The maximum absolute atomic E-state index is 5.56. The first-order chi connectivity index (χ1) is 12.9. The number of benzene rings is 1. The van der Waals surface area contributed by atoms with Gasteiger partial charge >= 0.3 is 0 Å². The van der Waals surface area contributed by atoms with E-state index in [1.165, 1.54) is 11.3 Å². The predicted octanol–water partition coefficient (Wildman–Crippen LogP) is 3.36. The summed E-state index contributed by atoms with van der Waals surface area (Å²) in [6.45, 7) is 8.99. The van der Waals surface area contributed by atoms with Gasteiger partial charge in [-0.15, -0.1) is 0 Å². The van der Waals surface area contributed by atoms with Crippen molar-refractivity contribution in [2.45, 2.75) is 45.7 Å². The molecule has 1 aromatic heterocycles. The smallest absolute Gasteiger partial charge is 0.164 e. The lowest BCUT2D eigenvalue weighted by Crippen LogP contribution is -2.32. The molecule has 0 spiro atoms. The normalized spacial score (nSPS) is 14.6. The summed E-state index contributed by atoms with van der Waals surface area (Å²) < 4.78 is 16.4. The van der Waals surface area contributed by atoms with Gasteiger partial charge in [0.1, 0.15) is 11.6 Å². The van der Waals surface area contributed by atoms with Crippen molar-refractivity contribution in [1.82, 2.24) is 14.9 Å². The Balaban J connectivity index is 1.80. The van der Waals surface area contributed by atoms with E-state index in [1.54, 1.807) is 21.3 Å². The molecule has 1 aliphatic heterocycles. The maximum atomic E-state index is 5.56. The van der Waals surface area contributed by atoms with Gasteiger partial charge in [-0.25, -0.2) is 9.97 Å². The molecule has 2 aromatic rings. The molecule has 1 aromatic carbocycles. The van der Waals surface area contributed by atoms with Crippen LogP contribution in [0.15, 0.2) is 18.3 Å². The predicted molar refractivity (Wildman–Crippen MR) is 105 cm³/mol. The van der Waals surface area contributed by atoms with Crippen molar-refractivity contribution in [3.8, 4) is 17.2 Å². The molecule has 0 saturated heterocycles. The van der Waals surface area contributed by atoms with E-state index >= 15 is 0 Å². The van der Waals surface area contributed by atoms with E-state index in [9.17, 15) is 0 Å². The van der Waals surface area contributed by atoms with E-state index in [2.05, 4.69) is 30.7 Å². The maximum Gasteiger partial charge on any atom is 0.164 e. The van der Waals surface area contributed by atoms with Gasteiger partial charge in [0.05, 0.1) is 21.3 Å². The summed E-state index contributed by atoms with van der Waals surface area (Å²) in [5.74, 6) is 3.10. The minimum atomic E-state index is -0.0286. The van der Waals surface area contributed by atoms with Gasteiger partial charge in [-0.1, -0.05) is 20.8 Å². The van der Waals surface area contributed by atoms with Crippen molar-refractivity contribution in [3.63, 3.8) is 0 Å². The van der Waals surface area contributed by atoms with E-state index in [0.717, 1.165) is 43.2 Å². The Morgan fingerprint density at radius 1 is 1.00 bits per heavy atom. The van der Waals surface area contributed by atoms with Crippen molar-refractivity contribution in [3.05, 3.63) is 41.0 Å². The van der Waals surface area contributed by atoms with Crippen molar-refractivity contribution in [2.75, 3.05) is 27.9 Å². The first-order valence-electron chi connectivity index (χ1n) is 9.22. The number of fused-ring (bicyclic) bond motifs is 1. The molecule has 6 heteroatoms. The molecule has 0 unspecified atom stereocenters. The highest BCUT2D eigenvalue weighted by molar-refractivity contribution is 5.50. The summed E-state index contributed by atoms with van der Waals surface area (Å²) in [4.78, 5) is 11.8. The Bertz CT molecular complexity index is 815. The van der Waals surface area contributed by atoms with Gasteiger partial charge in [0.2, 0.25) is 0 Å². The third-order valence-electron chi connectivity index (χ3n) is 4.86. The summed E-state index contributed by atoms with van der Waals surface area (Å²) in [6, 6.07) is 3.87. The van der Waals surface area contributed by atoms with Gasteiger partial charge in [-0.3, -0.25) is 4.90 Å². The largest absolute Gasteiger partial charge is 0.496 e. The third-order valence-corrected chi connectivity index (χ3v) is 4.86. The Hall–Kier alpha value is -2.34. The average Bonchev–Trinajstić information content (AvgIpc) is 2.66. The lowest BCUT2D eigenvalue weighted by molar-refractivity contribution is 0.237. The van der Waals surface area contributed by atoms with Crippen LogP contribution >= 0.6 is 0 Å². The molecule has 0 radical (unpaired) electrons. The van der Waals surface area contributed by atoms with Crippen LogP contribution in [0.2, 0.25) is 0 Å². The van der Waals surface area contributed by atoms with E-state index < -0.39 is 0 Å². The quantitative estimate of drug-likeness (QED) is 0.803. The molecule has 3 rings (SSSR count). The van der Waals surface area contributed by atoms with E-state index in [1.807, 2.05) is 18.3 Å². The van der Waals surface area contributed by atoms with Gasteiger partial charge in [-0.2, -0.15) is 0 Å². The van der Waals surface area contributed by atoms with Crippen LogP contribution < -0.4 is 14.2 Å². The van der Waals surface area contributed by atoms with Crippen molar-refractivity contribution < 1.29 is 14.2 Å². The van der Waals surface area contributed by atoms with Gasteiger partial charge in [-0.05, 0) is 6.07 Å². The monoisotopic (exact) mass is 371 g/mol. The first kappa shape index (κ1) is 19.4. The Morgan fingerprint density at radius 3 is 2.30 bits per heavy atom. The van der Waals surface area contributed by atoms with Gasteiger partial charge in [0, 0.05) is 60.6 Å². The van der Waals surface area contributed by atoms with Gasteiger partial charge < -0.3 is 14.2 Å². The summed E-state index contributed by atoms with van der Waals surface area (Å²) in [5, 5.41) is 0. The van der Waals surface area contributed by atoms with Crippen molar-refractivity contribution >= 4 is 0 Å². The number of nitrogens with zero attached hydrogens (tertiary/aromatic N) is 3. The second-order valence-corrected chi connectivity index (χ2v) is 7.90. The number of ether oxygens (including phenoxy) is 3. The van der Waals surface area contributed by atoms with Crippen LogP contribution in [0.4, 0.5) is 0 Å². The average molecular weight is 371 g/mol. The second-order valence-electron chi connectivity index (χ2n) is 7.90. The fourth-order valence-corrected chi connectivity index (χ4v) is 3.33. The molecule has 6 nitrogen and oxygen atoms in total. The van der Waals surface area contributed by atoms with E-state index in [0.29, 0.717) is 11.5 Å². The van der Waals surface area contributed by atoms with E-state index in [-0.39, 0.29) is 5.41 Å². The minimum absolute atomic E-state index is 0.0286. The minimum Gasteiger partial charge on any atom is -0.496 e.